The van der Waals surface area contributed by atoms with Crippen LogP contribution < -0.4 is 15.6 Å². The molecule has 1 amide bonds. The van der Waals surface area contributed by atoms with Crippen LogP contribution in [0.4, 0.5) is 13.2 Å². The number of carboxylic acid groups (broad SMARTS) is 1. The Bertz CT molecular complexity index is 1320. The third-order valence-electron chi connectivity index (χ3n) is 5.79. The molecule has 8 nitrogen and oxygen atoms in total. The van der Waals surface area contributed by atoms with Gasteiger partial charge in [0.1, 0.15) is 27.5 Å². The standard InChI is InChI=1S/C23H27N4O2S3.C2HF3O2/c1-15-6-8-27(9-7-15)21(28)12-29-18-5-3-4-16(10-18)19-13-31-23(26-19)17-11-20(22(24)25)32(14-17)30-2;3-2(4,5)1(6)7/h3-5,10-11,13-15H,6-9,12H2,1-2H3,(H3,24,25);(H,6,7)/q+1;/p-1. The van der Waals surface area contributed by atoms with Gasteiger partial charge in [0.2, 0.25) is 4.88 Å². The number of thiazole rings is 1. The monoisotopic (exact) mass is 600 g/mol. The van der Waals surface area contributed by atoms with Gasteiger partial charge in [-0.2, -0.15) is 13.2 Å². The molecule has 4 rings (SSSR count). The number of thiophene rings is 1. The van der Waals surface area contributed by atoms with Crippen LogP contribution in [0.2, 0.25) is 0 Å². The van der Waals surface area contributed by atoms with Gasteiger partial charge in [-0.05, 0) is 30.9 Å². The van der Waals surface area contributed by atoms with Crippen LogP contribution in [-0.2, 0) is 9.59 Å². The van der Waals surface area contributed by atoms with Gasteiger partial charge in [0, 0.05) is 36.4 Å². The molecule has 3 aromatic rings. The van der Waals surface area contributed by atoms with Gasteiger partial charge in [0.15, 0.2) is 17.8 Å². The number of hydrogen-bond acceptors (Lipinski definition) is 8. The third-order valence-corrected chi connectivity index (χ3v) is 10.2. The highest BCUT2D eigenvalue weighted by atomic mass is 33.1. The van der Waals surface area contributed by atoms with Crippen molar-refractivity contribution >= 4 is 49.3 Å². The molecule has 1 aliphatic heterocycles. The Morgan fingerprint density at radius 3 is 2.51 bits per heavy atom. The van der Waals surface area contributed by atoms with E-state index in [2.05, 4.69) is 12.3 Å². The van der Waals surface area contributed by atoms with Crippen LogP contribution in [0.5, 0.6) is 5.75 Å². The zero-order valence-corrected chi connectivity index (χ0v) is 23.6. The van der Waals surface area contributed by atoms with E-state index in [0.717, 1.165) is 52.6 Å². The normalized spacial score (nSPS) is 14.4. The smallest absolute Gasteiger partial charge is 0.430 e. The summed E-state index contributed by atoms with van der Waals surface area (Å²) in [4.78, 5) is 28.8. The average molecular weight is 601 g/mol. The molecule has 1 saturated heterocycles. The van der Waals surface area contributed by atoms with E-state index in [0.29, 0.717) is 11.7 Å². The van der Waals surface area contributed by atoms with Crippen molar-refractivity contribution in [2.75, 3.05) is 26.0 Å². The zero-order valence-electron chi connectivity index (χ0n) is 21.1. The number of rotatable bonds is 7. The lowest BCUT2D eigenvalue weighted by Gasteiger charge is -2.30. The van der Waals surface area contributed by atoms with Crippen molar-refractivity contribution in [2.45, 2.75) is 25.9 Å². The van der Waals surface area contributed by atoms with Crippen molar-refractivity contribution in [3.63, 3.8) is 0 Å². The van der Waals surface area contributed by atoms with Gasteiger partial charge in [-0.1, -0.05) is 19.1 Å². The van der Waals surface area contributed by atoms with Crippen molar-refractivity contribution in [1.29, 1.82) is 5.41 Å². The summed E-state index contributed by atoms with van der Waals surface area (Å²) in [5.74, 6) is -1.49. The van der Waals surface area contributed by atoms with Crippen LogP contribution in [0.3, 0.4) is 0 Å². The topological polar surface area (TPSA) is 132 Å². The van der Waals surface area contributed by atoms with Crippen molar-refractivity contribution in [1.82, 2.24) is 9.88 Å². The minimum Gasteiger partial charge on any atom is -0.542 e. The van der Waals surface area contributed by atoms with Gasteiger partial charge in [0.05, 0.1) is 20.8 Å². The average Bonchev–Trinajstić information content (AvgIpc) is 3.55. The molecule has 1 atom stereocenters. The number of amidine groups is 1. The number of nitrogens with two attached hydrogens (primary N) is 1. The number of nitrogens with zero attached hydrogens (tertiary/aromatic N) is 2. The largest absolute Gasteiger partial charge is 0.542 e. The maximum absolute atomic E-state index is 12.5. The predicted molar refractivity (Wildman–Crippen MR) is 147 cm³/mol. The van der Waals surface area contributed by atoms with E-state index in [9.17, 15) is 18.0 Å². The SMILES string of the molecule is CS[s+]1cc(-c2nc(-c3cccc(OCC(=O)N4CCC(C)CC4)c3)cs2)cc1C(=N)N.O=C([O-])C(F)(F)F. The summed E-state index contributed by atoms with van der Waals surface area (Å²) < 4.78 is 37.4. The van der Waals surface area contributed by atoms with Crippen LogP contribution in [-0.4, -0.2) is 59.7 Å². The summed E-state index contributed by atoms with van der Waals surface area (Å²) in [6, 6.07) is 9.68. The summed E-state index contributed by atoms with van der Waals surface area (Å²) in [6.07, 6.45) is -1.05. The number of piperidine rings is 1. The number of carbonyl (C=O) groups excluding carboxylic acids is 2. The minimum absolute atomic E-state index is 0.0451. The second kappa shape index (κ2) is 13.3. The maximum atomic E-state index is 12.5. The summed E-state index contributed by atoms with van der Waals surface area (Å²) >= 11 is 1.57. The predicted octanol–water partition coefficient (Wildman–Crippen LogP) is 4.57. The number of carbonyl (C=O) groups is 2. The van der Waals surface area contributed by atoms with Crippen molar-refractivity contribution in [3.05, 3.63) is 46.0 Å². The van der Waals surface area contributed by atoms with Crippen molar-refractivity contribution < 1.29 is 32.6 Å². The number of halogens is 3. The maximum Gasteiger partial charge on any atom is 0.430 e. The fourth-order valence-electron chi connectivity index (χ4n) is 3.63. The molecule has 3 heterocycles. The number of aliphatic carboxylic acids is 1. The molecule has 1 fully saturated rings. The molecule has 0 aliphatic carbocycles. The summed E-state index contributed by atoms with van der Waals surface area (Å²) in [5, 5.41) is 21.6. The van der Waals surface area contributed by atoms with Crippen LogP contribution in [0, 0.1) is 11.3 Å². The van der Waals surface area contributed by atoms with E-state index in [1.807, 2.05) is 46.9 Å². The summed E-state index contributed by atoms with van der Waals surface area (Å²) in [6.45, 7) is 3.93. The lowest BCUT2D eigenvalue weighted by atomic mass is 9.99. The number of aromatic nitrogens is 1. The van der Waals surface area contributed by atoms with E-state index < -0.39 is 12.1 Å². The molecule has 0 saturated carbocycles. The van der Waals surface area contributed by atoms with Gasteiger partial charge in [0.25, 0.3) is 5.91 Å². The molecule has 1 aromatic carbocycles. The molecule has 210 valence electrons. The zero-order chi connectivity index (χ0) is 28.7. The van der Waals surface area contributed by atoms with E-state index in [1.54, 1.807) is 22.1 Å². The quantitative estimate of drug-likeness (QED) is 0.176. The highest BCUT2D eigenvalue weighted by Crippen LogP contribution is 2.42. The molecular formula is C25H27F3N4O4S3. The number of hydrogen-bond donors (Lipinski definition) is 2. The molecular weight excluding hydrogens is 573 g/mol. The molecule has 2 aromatic heterocycles. The Kier molecular flexibility index (Phi) is 10.4. The molecule has 14 heteroatoms. The van der Waals surface area contributed by atoms with Crippen LogP contribution in [0.25, 0.3) is 21.8 Å². The van der Waals surface area contributed by atoms with Gasteiger partial charge in [-0.3, -0.25) is 10.2 Å². The Labute approximate surface area is 233 Å². The number of carboxylic acids is 1. The first-order valence-corrected chi connectivity index (χ1v) is 15.6. The molecule has 0 spiro atoms. The second-order valence-corrected chi connectivity index (χ2v) is 13.2. The van der Waals surface area contributed by atoms with Crippen LogP contribution >= 0.6 is 31.6 Å². The molecule has 0 radical (unpaired) electrons. The molecule has 3 N–H and O–H groups in total. The van der Waals surface area contributed by atoms with Gasteiger partial charge >= 0.3 is 6.18 Å². The van der Waals surface area contributed by atoms with E-state index >= 15 is 0 Å². The first kappa shape index (κ1) is 30.4. The fraction of sp³-hybridized carbons (Fsp3) is 0.360. The molecule has 39 heavy (non-hydrogen) atoms. The van der Waals surface area contributed by atoms with E-state index in [-0.39, 0.29) is 27.9 Å². The number of benzene rings is 1. The Hall–Kier alpha value is -3.10. The van der Waals surface area contributed by atoms with Gasteiger partial charge in [-0.15, -0.1) is 11.3 Å². The number of nitrogen functional groups attached to an aromatic ring is 1. The Morgan fingerprint density at radius 1 is 1.28 bits per heavy atom. The lowest BCUT2D eigenvalue weighted by molar-refractivity contribution is -0.344. The fourth-order valence-corrected chi connectivity index (χ4v) is 7.34. The number of amides is 1. The third kappa shape index (κ3) is 8.44. The number of likely N-dealkylation sites (tertiary alicyclic amines) is 1. The van der Waals surface area contributed by atoms with Crippen LogP contribution in [0.1, 0.15) is 24.6 Å². The summed E-state index contributed by atoms with van der Waals surface area (Å²) in [7, 11) is 1.48. The highest BCUT2D eigenvalue weighted by Gasteiger charge is 2.29. The molecule has 1 aliphatic rings. The first-order chi connectivity index (χ1) is 18.4. The Morgan fingerprint density at radius 2 is 1.95 bits per heavy atom. The molecule has 0 bridgehead atoms. The highest BCUT2D eigenvalue weighted by molar-refractivity contribution is 8.45. The van der Waals surface area contributed by atoms with Crippen LogP contribution in [0.15, 0.2) is 41.1 Å². The van der Waals surface area contributed by atoms with E-state index in [1.165, 1.54) is 0 Å². The summed E-state index contributed by atoms with van der Waals surface area (Å²) in [5.41, 5.74) is 8.56. The van der Waals surface area contributed by atoms with Gasteiger partial charge < -0.3 is 25.3 Å². The van der Waals surface area contributed by atoms with Crippen molar-refractivity contribution in [2.24, 2.45) is 11.7 Å². The van der Waals surface area contributed by atoms with E-state index in [4.69, 9.17) is 30.8 Å². The lowest BCUT2D eigenvalue weighted by Crippen LogP contribution is -2.40. The Balaban J connectivity index is 0.000000532. The number of alkyl halides is 3. The van der Waals surface area contributed by atoms with Gasteiger partial charge in [-0.25, -0.2) is 4.98 Å². The van der Waals surface area contributed by atoms with Crippen molar-refractivity contribution in [3.8, 4) is 27.6 Å². The minimum atomic E-state index is -5.19. The number of ether oxygens (including phenoxy) is 1. The molecule has 1 unspecified atom stereocenters. The number of nitrogens with one attached hydrogen (secondary N) is 1. The first-order valence-electron chi connectivity index (χ1n) is 11.7. The second-order valence-electron chi connectivity index (χ2n) is 8.66.